The molecule has 2 atom stereocenters. The largest absolute Gasteiger partial charge is 0.481 e. The van der Waals surface area contributed by atoms with E-state index in [1.165, 1.54) is 17.3 Å². The van der Waals surface area contributed by atoms with Gasteiger partial charge in [0.2, 0.25) is 0 Å². The van der Waals surface area contributed by atoms with Gasteiger partial charge in [0.15, 0.2) is 0 Å². The molecule has 1 N–H and O–H groups in total. The number of hydrogen-bond donors (Lipinski definition) is 1. The Bertz CT molecular complexity index is 808. The number of thioether (sulfide) groups is 1. The van der Waals surface area contributed by atoms with Gasteiger partial charge in [-0.1, -0.05) is 60.7 Å². The highest BCUT2D eigenvalue weighted by Crippen LogP contribution is 2.44. The number of esters is 1. The molecule has 0 aromatic heterocycles. The van der Waals surface area contributed by atoms with E-state index in [0.29, 0.717) is 18.6 Å². The van der Waals surface area contributed by atoms with Crippen molar-refractivity contribution in [1.29, 1.82) is 0 Å². The monoisotopic (exact) mass is 398 g/mol. The summed E-state index contributed by atoms with van der Waals surface area (Å²) in [6, 6.07) is 20.0. The second-order valence-corrected chi connectivity index (χ2v) is 9.02. The van der Waals surface area contributed by atoms with Crippen molar-refractivity contribution in [3.63, 3.8) is 0 Å². The molecule has 0 radical (unpaired) electrons. The van der Waals surface area contributed by atoms with Gasteiger partial charge in [-0.2, -0.15) is 0 Å². The molecule has 1 heterocycles. The van der Waals surface area contributed by atoms with Crippen LogP contribution in [0, 0.1) is 0 Å². The van der Waals surface area contributed by atoms with Crippen LogP contribution in [-0.4, -0.2) is 33.1 Å². The van der Waals surface area contributed by atoms with E-state index in [0.717, 1.165) is 18.4 Å². The summed E-state index contributed by atoms with van der Waals surface area (Å²) in [5.41, 5.74) is 1.72. The normalized spacial score (nSPS) is 24.5. The fourth-order valence-electron chi connectivity index (χ4n) is 3.49. The van der Waals surface area contributed by atoms with Crippen LogP contribution in [0.25, 0.3) is 0 Å². The number of aryl methyl sites for hydroxylation is 2. The molecule has 0 bridgehead atoms. The molecule has 1 aliphatic rings. The molecule has 0 spiro atoms. The number of rotatable bonds is 8. The van der Waals surface area contributed by atoms with Crippen molar-refractivity contribution in [3.8, 4) is 0 Å². The highest BCUT2D eigenvalue weighted by atomic mass is 32.2. The average Bonchev–Trinajstić information content (AvgIpc) is 2.69. The third kappa shape index (κ3) is 5.16. The lowest BCUT2D eigenvalue weighted by atomic mass is 9.93. The lowest BCUT2D eigenvalue weighted by Crippen LogP contribution is -2.51. The lowest BCUT2D eigenvalue weighted by Gasteiger charge is -2.42. The molecule has 5 heteroatoms. The minimum atomic E-state index is -1.02. The number of cyclic esters (lactones) is 1. The summed E-state index contributed by atoms with van der Waals surface area (Å²) in [5, 5.41) is 9.41. The van der Waals surface area contributed by atoms with Crippen LogP contribution in [-0.2, 0) is 27.2 Å². The molecule has 1 saturated heterocycles. The van der Waals surface area contributed by atoms with Crippen molar-refractivity contribution in [2.24, 2.45) is 0 Å². The van der Waals surface area contributed by atoms with Crippen LogP contribution in [0.3, 0.4) is 0 Å². The van der Waals surface area contributed by atoms with Crippen LogP contribution in [0.1, 0.15) is 37.3 Å². The van der Waals surface area contributed by atoms with E-state index in [4.69, 9.17) is 4.74 Å². The minimum Gasteiger partial charge on any atom is -0.481 e. The smallest absolute Gasteiger partial charge is 0.323 e. The molecule has 0 amide bonds. The van der Waals surface area contributed by atoms with Gasteiger partial charge in [-0.15, -0.1) is 11.8 Å². The van der Waals surface area contributed by atoms with E-state index in [1.54, 1.807) is 0 Å². The average molecular weight is 399 g/mol. The number of carboxylic acids is 1. The Kier molecular flexibility index (Phi) is 6.45. The zero-order valence-electron chi connectivity index (χ0n) is 16.1. The highest BCUT2D eigenvalue weighted by molar-refractivity contribution is 8.01. The molecule has 0 saturated carbocycles. The molecular weight excluding hydrogens is 372 g/mol. The Labute approximate surface area is 170 Å². The van der Waals surface area contributed by atoms with Crippen LogP contribution < -0.4 is 0 Å². The molecule has 1 aliphatic heterocycles. The fourth-order valence-corrected chi connectivity index (χ4v) is 4.91. The highest BCUT2D eigenvalue weighted by Gasteiger charge is 2.50. The zero-order chi connectivity index (χ0) is 20.0. The van der Waals surface area contributed by atoms with Gasteiger partial charge in [0.05, 0.1) is 6.42 Å². The topological polar surface area (TPSA) is 63.6 Å². The number of ether oxygens (including phenoxy) is 1. The van der Waals surface area contributed by atoms with E-state index in [9.17, 15) is 14.7 Å². The number of benzene rings is 2. The fraction of sp³-hybridized carbons (Fsp3) is 0.391. The van der Waals surface area contributed by atoms with E-state index >= 15 is 0 Å². The summed E-state index contributed by atoms with van der Waals surface area (Å²) in [5.74, 6) is -0.753. The standard InChI is InChI=1S/C23H26O4S/c1-22(14-12-18-8-4-2-5-9-18)17-28-23(16-20(24)25,21(26)27-22)15-13-19-10-6-3-7-11-19/h2-11H,12-17H2,1H3,(H,24,25). The molecule has 2 aromatic rings. The minimum absolute atomic E-state index is 0.210. The molecule has 3 rings (SSSR count). The van der Waals surface area contributed by atoms with Gasteiger partial charge in [0.25, 0.3) is 0 Å². The van der Waals surface area contributed by atoms with Crippen molar-refractivity contribution in [1.82, 2.24) is 0 Å². The summed E-state index contributed by atoms with van der Waals surface area (Å²) in [7, 11) is 0. The van der Waals surface area contributed by atoms with Gasteiger partial charge in [-0.3, -0.25) is 9.59 Å². The summed E-state index contributed by atoms with van der Waals surface area (Å²) in [6.45, 7) is 1.95. The predicted molar refractivity (Wildman–Crippen MR) is 111 cm³/mol. The number of hydrogen-bond acceptors (Lipinski definition) is 4. The number of carboxylic acid groups (broad SMARTS) is 1. The van der Waals surface area contributed by atoms with Crippen molar-refractivity contribution >= 4 is 23.7 Å². The van der Waals surface area contributed by atoms with Gasteiger partial charge < -0.3 is 9.84 Å². The Hall–Kier alpha value is -2.27. The molecule has 28 heavy (non-hydrogen) atoms. The Morgan fingerprint density at radius 1 is 1.00 bits per heavy atom. The number of carbonyl (C=O) groups excluding carboxylic acids is 1. The first kappa shape index (κ1) is 20.5. The van der Waals surface area contributed by atoms with Crippen LogP contribution in [0.15, 0.2) is 60.7 Å². The first-order valence-corrected chi connectivity index (χ1v) is 10.6. The van der Waals surface area contributed by atoms with Crippen LogP contribution in [0.2, 0.25) is 0 Å². The second kappa shape index (κ2) is 8.82. The molecule has 0 aliphatic carbocycles. The first-order valence-electron chi connectivity index (χ1n) is 9.58. The molecule has 2 unspecified atom stereocenters. The van der Waals surface area contributed by atoms with Crippen LogP contribution in [0.4, 0.5) is 0 Å². The summed E-state index contributed by atoms with van der Waals surface area (Å²) >= 11 is 1.45. The quantitative estimate of drug-likeness (QED) is 0.663. The van der Waals surface area contributed by atoms with Gasteiger partial charge in [-0.25, -0.2) is 0 Å². The molecular formula is C23H26O4S. The first-order chi connectivity index (χ1) is 13.4. The van der Waals surface area contributed by atoms with E-state index in [1.807, 2.05) is 55.5 Å². The summed E-state index contributed by atoms with van der Waals surface area (Å²) in [4.78, 5) is 24.5. The van der Waals surface area contributed by atoms with Crippen molar-refractivity contribution in [3.05, 3.63) is 71.8 Å². The van der Waals surface area contributed by atoms with Gasteiger partial charge in [-0.05, 0) is 43.7 Å². The van der Waals surface area contributed by atoms with Gasteiger partial charge in [0, 0.05) is 5.75 Å². The maximum absolute atomic E-state index is 13.0. The van der Waals surface area contributed by atoms with Gasteiger partial charge >= 0.3 is 11.9 Å². The molecule has 1 fully saturated rings. The third-order valence-corrected chi connectivity index (χ3v) is 7.07. The molecule has 2 aromatic carbocycles. The summed E-state index contributed by atoms with van der Waals surface area (Å²) in [6.07, 6.45) is 2.44. The lowest BCUT2D eigenvalue weighted by molar-refractivity contribution is -0.164. The number of carbonyl (C=O) groups is 2. The second-order valence-electron chi connectivity index (χ2n) is 7.66. The molecule has 148 valence electrons. The van der Waals surface area contributed by atoms with Crippen LogP contribution >= 0.6 is 11.8 Å². The van der Waals surface area contributed by atoms with E-state index in [2.05, 4.69) is 12.1 Å². The van der Waals surface area contributed by atoms with Crippen molar-refractivity contribution in [2.75, 3.05) is 5.75 Å². The van der Waals surface area contributed by atoms with Crippen molar-refractivity contribution in [2.45, 2.75) is 49.4 Å². The van der Waals surface area contributed by atoms with E-state index < -0.39 is 22.3 Å². The predicted octanol–water partition coefficient (Wildman–Crippen LogP) is 4.51. The Morgan fingerprint density at radius 3 is 2.04 bits per heavy atom. The number of aliphatic carboxylic acids is 1. The van der Waals surface area contributed by atoms with Gasteiger partial charge in [0.1, 0.15) is 10.3 Å². The SMILES string of the molecule is CC1(CCc2ccccc2)CSC(CCc2ccccc2)(CC(=O)O)C(=O)O1. The van der Waals surface area contributed by atoms with Crippen LogP contribution in [0.5, 0.6) is 0 Å². The Morgan fingerprint density at radius 2 is 1.54 bits per heavy atom. The Balaban J connectivity index is 1.67. The maximum Gasteiger partial charge on any atom is 0.323 e. The van der Waals surface area contributed by atoms with E-state index in [-0.39, 0.29) is 6.42 Å². The van der Waals surface area contributed by atoms with Crippen molar-refractivity contribution < 1.29 is 19.4 Å². The summed E-state index contributed by atoms with van der Waals surface area (Å²) < 4.78 is 4.86. The zero-order valence-corrected chi connectivity index (χ0v) is 16.9. The molecule has 4 nitrogen and oxygen atoms in total. The maximum atomic E-state index is 13.0. The third-order valence-electron chi connectivity index (χ3n) is 5.25.